The van der Waals surface area contributed by atoms with Crippen molar-refractivity contribution in [2.24, 2.45) is 0 Å². The van der Waals surface area contributed by atoms with Crippen LogP contribution >= 0.6 is 7.82 Å². The molecule has 0 aromatic carbocycles. The second-order valence-corrected chi connectivity index (χ2v) is 22.8. The van der Waals surface area contributed by atoms with Gasteiger partial charge in [-0.15, -0.1) is 0 Å². The van der Waals surface area contributed by atoms with Gasteiger partial charge < -0.3 is 44.6 Å². The number of quaternary nitrogens is 1. The van der Waals surface area contributed by atoms with Crippen LogP contribution in [-0.2, 0) is 27.9 Å². The Kier molecular flexibility index (Phi) is 42.6. The SMILES string of the molecule is CCCCCCCCCC/C=C\C/C=C\CC/C=C/[C@@H](O)[C@H](CO[C@@H]1O[C@H](COP(=O)(O)OCC[N+](C)(C)C)[C@H](O)[C@H](O)[C@H]1O)NC(=O)CCCCCCCCCCCCCCCCCCCCCCC. The number of carbonyl (C=O) groups is 1. The van der Waals surface area contributed by atoms with E-state index >= 15 is 0 Å². The monoisotopic (exact) mass is 1030 g/mol. The minimum absolute atomic E-state index is 0.0598. The van der Waals surface area contributed by atoms with Crippen LogP contribution in [0.2, 0.25) is 0 Å². The van der Waals surface area contributed by atoms with E-state index in [0.29, 0.717) is 17.4 Å². The van der Waals surface area contributed by atoms with Crippen LogP contribution in [0.25, 0.3) is 0 Å². The zero-order chi connectivity index (χ0) is 52.3. The van der Waals surface area contributed by atoms with Crippen molar-refractivity contribution in [2.45, 2.75) is 275 Å². The van der Waals surface area contributed by atoms with E-state index < -0.39 is 57.3 Å². The number of phosphoric ester groups is 1. The summed E-state index contributed by atoms with van der Waals surface area (Å²) >= 11 is 0. The van der Waals surface area contributed by atoms with Crippen molar-refractivity contribution >= 4 is 13.7 Å². The summed E-state index contributed by atoms with van der Waals surface area (Å²) in [6.07, 6.45) is 44.5. The molecule has 0 spiro atoms. The summed E-state index contributed by atoms with van der Waals surface area (Å²) in [4.78, 5) is 23.4. The van der Waals surface area contributed by atoms with E-state index in [1.165, 1.54) is 161 Å². The Labute approximate surface area is 434 Å². The number of carbonyl (C=O) groups excluding carboxylic acids is 1. The molecule has 418 valence electrons. The minimum Gasteiger partial charge on any atom is -0.387 e. The topological polar surface area (TPSA) is 184 Å². The van der Waals surface area contributed by atoms with Gasteiger partial charge in [-0.1, -0.05) is 224 Å². The van der Waals surface area contributed by atoms with Gasteiger partial charge in [0.25, 0.3) is 0 Å². The number of allylic oxidation sites excluding steroid dienone is 5. The lowest BCUT2D eigenvalue weighted by Crippen LogP contribution is -2.60. The highest BCUT2D eigenvalue weighted by Crippen LogP contribution is 2.43. The first-order valence-electron chi connectivity index (χ1n) is 28.9. The first-order chi connectivity index (χ1) is 34.2. The summed E-state index contributed by atoms with van der Waals surface area (Å²) in [5.74, 6) is -0.238. The number of rotatable bonds is 49. The molecule has 1 amide bonds. The van der Waals surface area contributed by atoms with Crippen molar-refractivity contribution in [3.63, 3.8) is 0 Å². The van der Waals surface area contributed by atoms with Crippen molar-refractivity contribution in [3.05, 3.63) is 36.5 Å². The molecule has 0 radical (unpaired) electrons. The number of nitrogens with one attached hydrogen (secondary N) is 1. The van der Waals surface area contributed by atoms with Gasteiger partial charge in [0.05, 0.1) is 46.5 Å². The molecule has 14 heteroatoms. The predicted octanol–water partition coefficient (Wildman–Crippen LogP) is 12.5. The van der Waals surface area contributed by atoms with Crippen molar-refractivity contribution in [1.29, 1.82) is 0 Å². The Morgan fingerprint density at radius 2 is 1.06 bits per heavy atom. The molecule has 1 aliphatic heterocycles. The van der Waals surface area contributed by atoms with Crippen LogP contribution in [0.1, 0.15) is 232 Å². The summed E-state index contributed by atoms with van der Waals surface area (Å²) in [7, 11) is 1.17. The third-order valence-corrected chi connectivity index (χ3v) is 14.4. The number of likely N-dealkylation sites (N-methyl/N-ethyl adjacent to an activating group) is 1. The quantitative estimate of drug-likeness (QED) is 0.0148. The summed E-state index contributed by atoms with van der Waals surface area (Å²) in [5, 5.41) is 46.2. The number of hydrogen-bond donors (Lipinski definition) is 6. The highest BCUT2D eigenvalue weighted by atomic mass is 31.2. The predicted molar refractivity (Wildman–Crippen MR) is 291 cm³/mol. The summed E-state index contributed by atoms with van der Waals surface area (Å²) in [5.41, 5.74) is 0. The standard InChI is InChI=1S/C57H109N2O11P/c1-6-8-10-12-14-16-18-20-22-24-25-26-27-29-31-33-35-37-39-41-43-45-53(61)58-50(51(60)44-42-40-38-36-34-32-30-28-23-21-19-17-15-13-11-9-7-2)48-67-57-56(64)55(63)54(62)52(70-57)49-69-71(65,66)68-47-46-59(3,4)5/h28,30,34,36,42,44,50-52,54-57,60,62-64H,6-27,29,31-33,35,37-41,43,45-49H2,1-5H3,(H-,58,61,65,66)/p+1/b30-28-,36-34-,44-42+/t50-,51+,52+,54-,55-,56+,57+/m0/s1. The van der Waals surface area contributed by atoms with E-state index in [1.54, 1.807) is 6.08 Å². The third-order valence-electron chi connectivity index (χ3n) is 13.5. The number of ether oxygens (including phenoxy) is 2. The lowest BCUT2D eigenvalue weighted by atomic mass is 9.99. The third kappa shape index (κ3) is 39.6. The molecule has 1 heterocycles. The molecule has 0 saturated carbocycles. The van der Waals surface area contributed by atoms with E-state index in [1.807, 2.05) is 27.2 Å². The Hall–Kier alpha value is -1.48. The van der Waals surface area contributed by atoms with Crippen molar-refractivity contribution in [1.82, 2.24) is 5.32 Å². The van der Waals surface area contributed by atoms with Gasteiger partial charge in [-0.3, -0.25) is 13.8 Å². The van der Waals surface area contributed by atoms with Crippen LogP contribution in [0.4, 0.5) is 0 Å². The molecule has 1 aliphatic rings. The van der Waals surface area contributed by atoms with Gasteiger partial charge in [-0.05, 0) is 38.5 Å². The number of phosphoric acid groups is 1. The lowest BCUT2D eigenvalue weighted by molar-refractivity contribution is -0.870. The van der Waals surface area contributed by atoms with Gasteiger partial charge in [0.15, 0.2) is 6.29 Å². The van der Waals surface area contributed by atoms with Crippen LogP contribution in [0.15, 0.2) is 36.5 Å². The van der Waals surface area contributed by atoms with Crippen LogP contribution in [0.5, 0.6) is 0 Å². The molecule has 0 aliphatic carbocycles. The molecular formula is C57H110N2O11P+. The van der Waals surface area contributed by atoms with E-state index in [0.717, 1.165) is 44.9 Å². The van der Waals surface area contributed by atoms with Crippen LogP contribution in [0.3, 0.4) is 0 Å². The molecule has 0 aromatic heterocycles. The number of aliphatic hydroxyl groups is 4. The lowest BCUT2D eigenvalue weighted by Gasteiger charge is -2.40. The summed E-state index contributed by atoms with van der Waals surface area (Å²) in [6, 6.07) is -0.919. The molecule has 6 N–H and O–H groups in total. The maximum Gasteiger partial charge on any atom is 0.472 e. The molecule has 71 heavy (non-hydrogen) atoms. The van der Waals surface area contributed by atoms with Crippen molar-refractivity contribution in [3.8, 4) is 0 Å². The number of nitrogens with zero attached hydrogens (tertiary/aromatic N) is 1. The van der Waals surface area contributed by atoms with E-state index in [4.69, 9.17) is 18.5 Å². The van der Waals surface area contributed by atoms with Crippen LogP contribution in [-0.4, -0.2) is 126 Å². The average molecular weight is 1030 g/mol. The zero-order valence-corrected chi connectivity index (χ0v) is 46.9. The molecule has 0 bridgehead atoms. The number of hydrogen-bond acceptors (Lipinski definition) is 10. The maximum absolute atomic E-state index is 13.2. The molecule has 1 saturated heterocycles. The fraction of sp³-hybridized carbons (Fsp3) is 0.877. The largest absolute Gasteiger partial charge is 0.472 e. The van der Waals surface area contributed by atoms with Gasteiger partial charge >= 0.3 is 7.82 Å². The van der Waals surface area contributed by atoms with Gasteiger partial charge in [-0.2, -0.15) is 0 Å². The Balaban J connectivity index is 2.57. The van der Waals surface area contributed by atoms with Gasteiger partial charge in [-0.25, -0.2) is 4.57 Å². The number of aliphatic hydroxyl groups excluding tert-OH is 4. The molecule has 13 nitrogen and oxygen atoms in total. The second-order valence-electron chi connectivity index (χ2n) is 21.4. The summed E-state index contributed by atoms with van der Waals surface area (Å²) < 4.78 is 34.7. The van der Waals surface area contributed by atoms with E-state index in [9.17, 15) is 34.7 Å². The van der Waals surface area contributed by atoms with Crippen molar-refractivity contribution in [2.75, 3.05) is 47.5 Å². The average Bonchev–Trinajstić information content (AvgIpc) is 3.33. The summed E-state index contributed by atoms with van der Waals surface area (Å²) in [6.45, 7) is 3.96. The molecule has 1 unspecified atom stereocenters. The Bertz CT molecular complexity index is 1380. The second kappa shape index (κ2) is 44.8. The molecule has 1 rings (SSSR count). The van der Waals surface area contributed by atoms with E-state index in [2.05, 4.69) is 43.5 Å². The maximum atomic E-state index is 13.2. The molecule has 8 atom stereocenters. The number of unbranched alkanes of at least 4 members (excludes halogenated alkanes) is 29. The minimum atomic E-state index is -4.53. The fourth-order valence-corrected chi connectivity index (χ4v) is 9.43. The first-order valence-corrected chi connectivity index (χ1v) is 30.4. The molecular weight excluding hydrogens is 920 g/mol. The normalized spacial score (nSPS) is 20.6. The Morgan fingerprint density at radius 3 is 1.55 bits per heavy atom. The Morgan fingerprint density at radius 1 is 0.606 bits per heavy atom. The number of amides is 1. The smallest absolute Gasteiger partial charge is 0.387 e. The van der Waals surface area contributed by atoms with Gasteiger partial charge in [0.2, 0.25) is 5.91 Å². The molecule has 1 fully saturated rings. The van der Waals surface area contributed by atoms with Crippen LogP contribution in [0, 0.1) is 0 Å². The van der Waals surface area contributed by atoms with Crippen molar-refractivity contribution < 1.29 is 57.7 Å². The first kappa shape index (κ1) is 67.5. The zero-order valence-electron chi connectivity index (χ0n) is 46.0. The van der Waals surface area contributed by atoms with Gasteiger partial charge in [0.1, 0.15) is 37.6 Å². The van der Waals surface area contributed by atoms with Crippen LogP contribution < -0.4 is 5.32 Å². The van der Waals surface area contributed by atoms with Gasteiger partial charge in [0, 0.05) is 6.42 Å². The highest BCUT2D eigenvalue weighted by molar-refractivity contribution is 7.47. The fourth-order valence-electron chi connectivity index (χ4n) is 8.71. The van der Waals surface area contributed by atoms with E-state index in [-0.39, 0.29) is 25.5 Å². The highest BCUT2D eigenvalue weighted by Gasteiger charge is 2.45. The molecule has 0 aromatic rings.